The molecule has 2 bridgehead atoms. The maximum atomic E-state index is 13.3. The number of ether oxygens (including phenoxy) is 2. The van der Waals surface area contributed by atoms with Crippen LogP contribution in [0.4, 0.5) is 0 Å². The molecule has 2 saturated carbocycles. The van der Waals surface area contributed by atoms with Crippen LogP contribution in [0, 0.1) is 28.6 Å². The van der Waals surface area contributed by atoms with Crippen molar-refractivity contribution >= 4 is 11.8 Å². The Morgan fingerprint density at radius 1 is 1.32 bits per heavy atom. The van der Waals surface area contributed by atoms with Crippen molar-refractivity contribution in [2.24, 2.45) is 28.6 Å². The van der Waals surface area contributed by atoms with Gasteiger partial charge in [0.05, 0.1) is 23.2 Å². The largest absolute Gasteiger partial charge is 0.455 e. The average molecular weight is 346 g/mol. The molecule has 136 valence electrons. The maximum Gasteiger partial charge on any atom is 0.336 e. The summed E-state index contributed by atoms with van der Waals surface area (Å²) in [5.41, 5.74) is -1.34. The second-order valence-electron chi connectivity index (χ2n) is 8.73. The minimum Gasteiger partial charge on any atom is -0.455 e. The van der Waals surface area contributed by atoms with Crippen LogP contribution in [-0.4, -0.2) is 41.3 Å². The molecule has 5 heteroatoms. The van der Waals surface area contributed by atoms with Gasteiger partial charge in [-0.2, -0.15) is 0 Å². The van der Waals surface area contributed by atoms with Crippen LogP contribution in [0.3, 0.4) is 0 Å². The van der Waals surface area contributed by atoms with Gasteiger partial charge in [-0.3, -0.25) is 4.79 Å². The summed E-state index contributed by atoms with van der Waals surface area (Å²) < 4.78 is 12.1. The molecule has 2 saturated heterocycles. The molecule has 0 spiro atoms. The molecule has 2 aliphatic carbocycles. The third-order valence-corrected chi connectivity index (χ3v) is 7.61. The molecule has 0 unspecified atom stereocenters. The Hall–Kier alpha value is -1.46. The van der Waals surface area contributed by atoms with E-state index < -0.39 is 17.1 Å². The van der Waals surface area contributed by atoms with Crippen molar-refractivity contribution in [3.8, 4) is 0 Å². The van der Waals surface area contributed by atoms with Gasteiger partial charge in [0.2, 0.25) is 0 Å². The van der Waals surface area contributed by atoms with Crippen LogP contribution in [0.15, 0.2) is 24.3 Å². The Bertz CT molecular complexity index is 711. The first kappa shape index (κ1) is 17.0. The zero-order chi connectivity index (χ0) is 18.4. The number of allylic oxidation sites excluding steroid dienone is 2. The fraction of sp³-hybridized carbons (Fsp3) is 0.700. The quantitative estimate of drug-likeness (QED) is 0.471. The molecule has 0 aromatic heterocycles. The zero-order valence-electron chi connectivity index (χ0n) is 15.2. The highest BCUT2D eigenvalue weighted by molar-refractivity contribution is 5.94. The average Bonchev–Trinajstić information content (AvgIpc) is 3.08. The number of ketones is 1. The van der Waals surface area contributed by atoms with Gasteiger partial charge < -0.3 is 14.6 Å². The summed E-state index contributed by atoms with van der Waals surface area (Å²) in [6.45, 7) is 11.5. The number of hydrogen-bond donors (Lipinski definition) is 1. The van der Waals surface area contributed by atoms with Gasteiger partial charge in [0, 0.05) is 11.8 Å². The second-order valence-corrected chi connectivity index (χ2v) is 8.73. The minimum atomic E-state index is -0.877. The van der Waals surface area contributed by atoms with E-state index in [1.54, 1.807) is 12.2 Å². The Morgan fingerprint density at radius 3 is 2.56 bits per heavy atom. The fourth-order valence-electron chi connectivity index (χ4n) is 6.63. The first-order chi connectivity index (χ1) is 11.7. The van der Waals surface area contributed by atoms with E-state index in [-0.39, 0.29) is 47.6 Å². The summed E-state index contributed by atoms with van der Waals surface area (Å²) in [5, 5.41) is 10.1. The number of fused-ring (bicyclic) bond motifs is 7. The number of hydrogen-bond acceptors (Lipinski definition) is 5. The number of aliphatic hydroxyl groups excluding tert-OH is 1. The molecule has 4 fully saturated rings. The Kier molecular flexibility index (Phi) is 3.28. The molecule has 0 aromatic rings. The van der Waals surface area contributed by atoms with Gasteiger partial charge >= 0.3 is 5.97 Å². The van der Waals surface area contributed by atoms with Gasteiger partial charge in [-0.05, 0) is 38.5 Å². The summed E-state index contributed by atoms with van der Waals surface area (Å²) in [4.78, 5) is 25.5. The predicted molar refractivity (Wildman–Crippen MR) is 90.5 cm³/mol. The number of Topliss-reactive ketones (excluding diaryl/α,β-unsaturated/α-hetero) is 1. The summed E-state index contributed by atoms with van der Waals surface area (Å²) in [5.74, 6) is -0.891. The Labute approximate surface area is 148 Å². The molecule has 0 aromatic carbocycles. The van der Waals surface area contributed by atoms with Crippen LogP contribution >= 0.6 is 0 Å². The van der Waals surface area contributed by atoms with Crippen molar-refractivity contribution in [3.63, 3.8) is 0 Å². The van der Waals surface area contributed by atoms with Crippen molar-refractivity contribution in [1.82, 2.24) is 0 Å². The standard InChI is InChI=1S/C20H26O5/c1-6-10-13-14(24-17(10)23)15-18(3)8-11(20(15,5)25-13)16(22)19(4,9-21)12(18)7-2/h6-7,11-15,21H,2,8-9H2,1,3-5H3/b10-6+/t11-,12-,13+,14-,15-,18+,19+,20+/m1/s1. The molecular formula is C20H26O5. The summed E-state index contributed by atoms with van der Waals surface area (Å²) in [6.07, 6.45) is 3.43. The van der Waals surface area contributed by atoms with Crippen LogP contribution < -0.4 is 0 Å². The smallest absolute Gasteiger partial charge is 0.336 e. The maximum absolute atomic E-state index is 13.3. The molecule has 2 heterocycles. The van der Waals surface area contributed by atoms with Crippen molar-refractivity contribution in [3.05, 3.63) is 24.3 Å². The minimum absolute atomic E-state index is 0.0377. The van der Waals surface area contributed by atoms with Crippen LogP contribution in [-0.2, 0) is 19.1 Å². The molecule has 4 rings (SSSR count). The number of aliphatic hydroxyl groups is 1. The molecule has 8 atom stereocenters. The molecule has 2 aliphatic heterocycles. The van der Waals surface area contributed by atoms with Gasteiger partial charge in [-0.1, -0.05) is 19.1 Å². The normalized spacial score (nSPS) is 55.2. The summed E-state index contributed by atoms with van der Waals surface area (Å²) >= 11 is 0. The number of carbonyl (C=O) groups excluding carboxylic acids is 2. The van der Waals surface area contributed by atoms with E-state index in [2.05, 4.69) is 13.5 Å². The number of esters is 1. The summed E-state index contributed by atoms with van der Waals surface area (Å²) in [7, 11) is 0. The molecule has 4 aliphatic rings. The van der Waals surface area contributed by atoms with Gasteiger partial charge in [-0.25, -0.2) is 4.79 Å². The zero-order valence-corrected chi connectivity index (χ0v) is 15.2. The lowest BCUT2D eigenvalue weighted by molar-refractivity contribution is -0.153. The predicted octanol–water partition coefficient (Wildman–Crippen LogP) is 2.04. The van der Waals surface area contributed by atoms with E-state index in [9.17, 15) is 14.7 Å². The Balaban J connectivity index is 1.89. The first-order valence-electron chi connectivity index (χ1n) is 9.01. The fourth-order valence-corrected chi connectivity index (χ4v) is 6.63. The molecule has 0 radical (unpaired) electrons. The van der Waals surface area contributed by atoms with Crippen molar-refractivity contribution in [2.75, 3.05) is 6.61 Å². The van der Waals surface area contributed by atoms with Crippen molar-refractivity contribution in [1.29, 1.82) is 0 Å². The van der Waals surface area contributed by atoms with E-state index in [1.807, 2.05) is 20.8 Å². The monoisotopic (exact) mass is 346 g/mol. The lowest BCUT2D eigenvalue weighted by atomic mass is 9.54. The highest BCUT2D eigenvalue weighted by Crippen LogP contribution is 2.71. The topological polar surface area (TPSA) is 72.8 Å². The second kappa shape index (κ2) is 4.83. The van der Waals surface area contributed by atoms with Crippen LogP contribution in [0.1, 0.15) is 34.1 Å². The summed E-state index contributed by atoms with van der Waals surface area (Å²) in [6, 6.07) is 0. The van der Waals surface area contributed by atoms with E-state index in [0.717, 1.165) is 0 Å². The molecule has 5 nitrogen and oxygen atoms in total. The van der Waals surface area contributed by atoms with Crippen molar-refractivity contribution < 1.29 is 24.2 Å². The van der Waals surface area contributed by atoms with Crippen molar-refractivity contribution in [2.45, 2.75) is 51.9 Å². The van der Waals surface area contributed by atoms with E-state index in [0.29, 0.717) is 12.0 Å². The van der Waals surface area contributed by atoms with E-state index >= 15 is 0 Å². The van der Waals surface area contributed by atoms with E-state index in [1.165, 1.54) is 0 Å². The van der Waals surface area contributed by atoms with Gasteiger partial charge in [0.1, 0.15) is 18.0 Å². The number of carbonyl (C=O) groups is 2. The third-order valence-electron chi connectivity index (χ3n) is 7.61. The van der Waals surface area contributed by atoms with Gasteiger partial charge in [-0.15, -0.1) is 6.58 Å². The highest BCUT2D eigenvalue weighted by atomic mass is 16.6. The molecular weight excluding hydrogens is 320 g/mol. The molecule has 25 heavy (non-hydrogen) atoms. The lowest BCUT2D eigenvalue weighted by Crippen LogP contribution is -2.53. The molecule has 1 N–H and O–H groups in total. The van der Waals surface area contributed by atoms with Gasteiger partial charge in [0.15, 0.2) is 0 Å². The van der Waals surface area contributed by atoms with Gasteiger partial charge in [0.25, 0.3) is 0 Å². The molecule has 0 amide bonds. The van der Waals surface area contributed by atoms with Crippen LogP contribution in [0.5, 0.6) is 0 Å². The Morgan fingerprint density at radius 2 is 2.00 bits per heavy atom. The lowest BCUT2D eigenvalue weighted by Gasteiger charge is -2.49. The number of rotatable bonds is 2. The van der Waals surface area contributed by atoms with Crippen LogP contribution in [0.2, 0.25) is 0 Å². The van der Waals surface area contributed by atoms with Crippen LogP contribution in [0.25, 0.3) is 0 Å². The first-order valence-corrected chi connectivity index (χ1v) is 9.01. The SMILES string of the molecule is C=C[C@@H]1[C@]2(C)C[C@H](C(=O)[C@@]1(C)CO)[C@]1(C)O[C@H]3/C(=C\C)C(=O)O[C@H]3[C@H]21. The highest BCUT2D eigenvalue weighted by Gasteiger charge is 2.78. The third kappa shape index (κ3) is 1.67. The van der Waals surface area contributed by atoms with E-state index in [4.69, 9.17) is 9.47 Å².